The zero-order valence-electron chi connectivity index (χ0n) is 15.3. The van der Waals surface area contributed by atoms with Crippen molar-refractivity contribution in [3.8, 4) is 0 Å². The molecule has 1 aliphatic rings. The van der Waals surface area contributed by atoms with Gasteiger partial charge in [-0.3, -0.25) is 4.57 Å². The maximum atomic E-state index is 14.6. The number of hydrogen-bond acceptors (Lipinski definition) is 10. The zero-order chi connectivity index (χ0) is 22.2. The summed E-state index contributed by atoms with van der Waals surface area (Å²) in [4.78, 5) is 41.7. The van der Waals surface area contributed by atoms with E-state index in [-0.39, 0.29) is 28.8 Å². The molecule has 0 aromatic carbocycles. The van der Waals surface area contributed by atoms with Crippen LogP contribution in [0, 0.1) is 0 Å². The summed E-state index contributed by atoms with van der Waals surface area (Å²) in [7, 11) is -4.10. The molecule has 3 rings (SSSR count). The van der Waals surface area contributed by atoms with E-state index in [1.54, 1.807) is 0 Å². The molecule has 3 heterocycles. The van der Waals surface area contributed by atoms with Crippen molar-refractivity contribution in [3.63, 3.8) is 0 Å². The Labute approximate surface area is 173 Å². The molecule has 0 radical (unpaired) electrons. The van der Waals surface area contributed by atoms with Gasteiger partial charge in [0.2, 0.25) is 5.28 Å². The van der Waals surface area contributed by atoms with Gasteiger partial charge in [-0.05, 0) is 11.6 Å². The van der Waals surface area contributed by atoms with Crippen LogP contribution in [0.25, 0.3) is 11.2 Å². The van der Waals surface area contributed by atoms with Crippen LogP contribution in [0.15, 0.2) is 6.33 Å². The number of rotatable bonds is 7. The van der Waals surface area contributed by atoms with Crippen molar-refractivity contribution in [1.82, 2.24) is 19.5 Å². The van der Waals surface area contributed by atoms with Crippen LogP contribution in [0.4, 0.5) is 10.2 Å². The van der Waals surface area contributed by atoms with Gasteiger partial charge >= 0.3 is 13.6 Å². The Kier molecular flexibility index (Phi) is 6.57. The molecule has 2 aromatic rings. The number of alkyl halides is 1. The lowest BCUT2D eigenvalue weighted by Crippen LogP contribution is -2.35. The van der Waals surface area contributed by atoms with Crippen molar-refractivity contribution in [3.05, 3.63) is 11.6 Å². The minimum Gasteiger partial charge on any atom is -0.467 e. The van der Waals surface area contributed by atoms with Crippen LogP contribution in [0.2, 0.25) is 5.28 Å². The van der Waals surface area contributed by atoms with E-state index >= 15 is 0 Å². The van der Waals surface area contributed by atoms with Crippen LogP contribution in [0.5, 0.6) is 0 Å². The first-order valence-electron chi connectivity index (χ1n) is 8.39. The molecule has 1 aliphatic heterocycles. The van der Waals surface area contributed by atoms with Crippen LogP contribution in [-0.2, 0) is 30.1 Å². The minimum absolute atomic E-state index is 0.0329. The molecule has 13 nitrogen and oxygen atoms in total. The number of aliphatic hydroxyl groups is 1. The topological polar surface area (TPSA) is 192 Å². The van der Waals surface area contributed by atoms with Crippen molar-refractivity contribution in [2.24, 2.45) is 0 Å². The van der Waals surface area contributed by atoms with E-state index in [2.05, 4.69) is 19.7 Å². The fourth-order valence-corrected chi connectivity index (χ4v) is 3.77. The van der Waals surface area contributed by atoms with Gasteiger partial charge in [-0.2, -0.15) is 9.97 Å². The number of aromatic nitrogens is 4. The highest BCUT2D eigenvalue weighted by Gasteiger charge is 2.46. The molecule has 5 N–H and O–H groups in total. The summed E-state index contributed by atoms with van der Waals surface area (Å²) in [5.74, 6) is -3.51. The third-order valence-electron chi connectivity index (χ3n) is 4.38. The lowest BCUT2D eigenvalue weighted by Gasteiger charge is -2.20. The van der Waals surface area contributed by atoms with Gasteiger partial charge < -0.3 is 39.4 Å². The van der Waals surface area contributed by atoms with Gasteiger partial charge in [0.25, 0.3) is 5.85 Å². The van der Waals surface area contributed by atoms with Gasteiger partial charge in [0.05, 0.1) is 26.6 Å². The standard InChI is InChI=1S/C14H18ClFN5O8P/c1-27-12(23)13(30(24,25)26)28-3-6-9(22)7(16)5(29-6)2-21-4-18-8-10(17)19-14(15)20-11(8)21/h4-7,9,13,22H,2-3H2,1H3,(H2,17,19,20)(H2,24,25,26)/t5-,6+,7+,9+,13+/m0/s1. The first-order valence-corrected chi connectivity index (χ1v) is 10.4. The summed E-state index contributed by atoms with van der Waals surface area (Å²) in [6, 6.07) is 0. The Morgan fingerprint density at radius 2 is 2.17 bits per heavy atom. The second kappa shape index (κ2) is 8.67. The molecule has 30 heavy (non-hydrogen) atoms. The van der Waals surface area contributed by atoms with E-state index in [4.69, 9.17) is 26.8 Å². The van der Waals surface area contributed by atoms with Gasteiger partial charge in [-0.1, -0.05) is 0 Å². The number of carbonyl (C=O) groups is 1. The first-order chi connectivity index (χ1) is 14.0. The fraction of sp³-hybridized carbons (Fsp3) is 0.571. The number of anilines is 1. The van der Waals surface area contributed by atoms with Gasteiger partial charge in [-0.25, -0.2) is 14.2 Å². The second-order valence-electron chi connectivity index (χ2n) is 6.39. The maximum Gasteiger partial charge on any atom is 0.365 e. The third-order valence-corrected chi connectivity index (χ3v) is 5.52. The Balaban J connectivity index is 1.71. The number of carbonyl (C=O) groups excluding carboxylic acids is 1. The van der Waals surface area contributed by atoms with Crippen molar-refractivity contribution in [2.75, 3.05) is 19.5 Å². The molecule has 5 atom stereocenters. The molecule has 0 saturated carbocycles. The monoisotopic (exact) mass is 469 g/mol. The third kappa shape index (κ3) is 4.54. The summed E-state index contributed by atoms with van der Waals surface area (Å²) < 4.78 is 42.0. The number of methoxy groups -OCH3 is 1. The van der Waals surface area contributed by atoms with Gasteiger partial charge in [0, 0.05) is 0 Å². The van der Waals surface area contributed by atoms with E-state index in [0.717, 1.165) is 7.11 Å². The van der Waals surface area contributed by atoms with Gasteiger partial charge in [0.15, 0.2) is 17.6 Å². The molecular formula is C14H18ClFN5O8P. The molecular weight excluding hydrogens is 452 g/mol. The molecule has 16 heteroatoms. The maximum absolute atomic E-state index is 14.6. The highest BCUT2D eigenvalue weighted by molar-refractivity contribution is 7.53. The van der Waals surface area contributed by atoms with E-state index in [1.807, 2.05) is 0 Å². The number of aliphatic hydroxyl groups excluding tert-OH is 1. The van der Waals surface area contributed by atoms with Crippen LogP contribution < -0.4 is 5.73 Å². The van der Waals surface area contributed by atoms with Crippen LogP contribution >= 0.6 is 19.2 Å². The van der Waals surface area contributed by atoms with Crippen molar-refractivity contribution in [1.29, 1.82) is 0 Å². The highest BCUT2D eigenvalue weighted by Crippen LogP contribution is 2.42. The van der Waals surface area contributed by atoms with Gasteiger partial charge in [-0.15, -0.1) is 0 Å². The second-order valence-corrected chi connectivity index (χ2v) is 8.38. The number of nitrogen functional groups attached to an aromatic ring is 1. The summed E-state index contributed by atoms with van der Waals surface area (Å²) in [6.45, 7) is -0.814. The van der Waals surface area contributed by atoms with E-state index in [0.29, 0.717) is 0 Å². The minimum atomic E-state index is -5.02. The number of esters is 1. The molecule has 1 saturated heterocycles. The largest absolute Gasteiger partial charge is 0.467 e. The molecule has 0 aliphatic carbocycles. The summed E-state index contributed by atoms with van der Waals surface area (Å²) in [5.41, 5.74) is 6.19. The van der Waals surface area contributed by atoms with Crippen LogP contribution in [0.1, 0.15) is 0 Å². The summed E-state index contributed by atoms with van der Waals surface area (Å²) in [6.07, 6.45) is -4.73. The number of nitrogens with two attached hydrogens (primary N) is 1. The van der Waals surface area contributed by atoms with Crippen molar-refractivity contribution < 1.29 is 42.9 Å². The number of imidazole rings is 1. The Hall–Kier alpha value is -1.93. The SMILES string of the molecule is COC(=O)[C@H](OC[C@H]1O[C@@H](Cn2cnc3c(N)nc(Cl)nc32)[C@@H](F)[C@@H]1O)P(=O)(O)O. The lowest BCUT2D eigenvalue weighted by molar-refractivity contribution is -0.152. The molecule has 1 fully saturated rings. The van der Waals surface area contributed by atoms with Gasteiger partial charge in [0.1, 0.15) is 23.8 Å². The smallest absolute Gasteiger partial charge is 0.365 e. The fourth-order valence-electron chi connectivity index (χ4n) is 2.94. The average molecular weight is 470 g/mol. The number of ether oxygens (including phenoxy) is 3. The predicted octanol–water partition coefficient (Wildman–Crippen LogP) is -0.778. The molecule has 0 bridgehead atoms. The normalized spacial score (nSPS) is 25.5. The molecule has 2 aromatic heterocycles. The Morgan fingerprint density at radius 3 is 2.80 bits per heavy atom. The van der Waals surface area contributed by atoms with Crippen LogP contribution in [0.3, 0.4) is 0 Å². The molecule has 0 unspecified atom stereocenters. The average Bonchev–Trinajstić information content (AvgIpc) is 3.17. The van der Waals surface area contributed by atoms with E-state index in [9.17, 15) is 28.6 Å². The molecule has 0 spiro atoms. The summed E-state index contributed by atoms with van der Waals surface area (Å²) >= 11 is 5.78. The number of nitrogens with zero attached hydrogens (tertiary/aromatic N) is 4. The molecule has 166 valence electrons. The number of halogens is 2. The summed E-state index contributed by atoms with van der Waals surface area (Å²) in [5, 5.41) is 9.95. The predicted molar refractivity (Wildman–Crippen MR) is 98.1 cm³/mol. The Bertz CT molecular complexity index is 989. The number of hydrogen-bond donors (Lipinski definition) is 4. The van der Waals surface area contributed by atoms with E-state index < -0.39 is 50.5 Å². The zero-order valence-corrected chi connectivity index (χ0v) is 17.0. The van der Waals surface area contributed by atoms with E-state index in [1.165, 1.54) is 10.9 Å². The quantitative estimate of drug-likeness (QED) is 0.225. The van der Waals surface area contributed by atoms with Crippen LogP contribution in [-0.4, -0.2) is 84.4 Å². The molecule has 0 amide bonds. The first kappa shape index (κ1) is 22.7. The Morgan fingerprint density at radius 1 is 1.47 bits per heavy atom. The number of fused-ring (bicyclic) bond motifs is 1. The highest BCUT2D eigenvalue weighted by atomic mass is 35.5. The van der Waals surface area contributed by atoms with Crippen molar-refractivity contribution >= 4 is 42.1 Å². The van der Waals surface area contributed by atoms with Crippen molar-refractivity contribution in [2.45, 2.75) is 36.9 Å². The lowest BCUT2D eigenvalue weighted by atomic mass is 10.1.